The summed E-state index contributed by atoms with van der Waals surface area (Å²) in [6.45, 7) is 11.4. The number of carbonyl (C=O) groups excluding carboxylic acids is 2. The van der Waals surface area contributed by atoms with Crippen LogP contribution in [0.25, 0.3) is 6.08 Å². The minimum atomic E-state index is -0.933. The van der Waals surface area contributed by atoms with Crippen LogP contribution in [0.1, 0.15) is 56.0 Å². The second kappa shape index (κ2) is 18.2. The maximum Gasteiger partial charge on any atom is 0.343 e. The maximum absolute atomic E-state index is 14.4. The van der Waals surface area contributed by atoms with Crippen LogP contribution in [0.15, 0.2) is 88.3 Å². The Morgan fingerprint density at radius 2 is 1.69 bits per heavy atom. The predicted octanol–water partition coefficient (Wildman–Crippen LogP) is 5.36. The van der Waals surface area contributed by atoms with Gasteiger partial charge in [-0.05, 0) is 93.3 Å². The zero-order chi connectivity index (χ0) is 39.6. The van der Waals surface area contributed by atoms with Crippen molar-refractivity contribution in [1.82, 2.24) is 4.57 Å². The van der Waals surface area contributed by atoms with Gasteiger partial charge in [-0.3, -0.25) is 19.5 Å². The first kappa shape index (κ1) is 40.0. The predicted molar refractivity (Wildman–Crippen MR) is 204 cm³/mol. The first-order chi connectivity index (χ1) is 26.5. The van der Waals surface area contributed by atoms with Crippen LogP contribution in [0, 0.1) is 10.1 Å². The number of aromatic nitrogens is 1. The fraction of sp³-hybridized carbons (Fsp3) is 0.300. The van der Waals surface area contributed by atoms with Crippen molar-refractivity contribution in [2.24, 2.45) is 4.99 Å². The monoisotopic (exact) mass is 771 g/mol. The quantitative estimate of drug-likeness (QED) is 0.0587. The van der Waals surface area contributed by atoms with E-state index in [-0.39, 0.29) is 43.4 Å². The average molecular weight is 772 g/mol. The molecule has 15 heteroatoms. The van der Waals surface area contributed by atoms with Gasteiger partial charge in [-0.1, -0.05) is 23.5 Å². The van der Waals surface area contributed by atoms with Gasteiger partial charge in [0.15, 0.2) is 34.4 Å². The fourth-order valence-electron chi connectivity index (χ4n) is 5.91. The maximum atomic E-state index is 14.4. The molecular weight excluding hydrogens is 731 g/mol. The molecule has 0 radical (unpaired) electrons. The molecule has 0 saturated carbocycles. The van der Waals surface area contributed by atoms with Gasteiger partial charge in [-0.25, -0.2) is 14.6 Å². The van der Waals surface area contributed by atoms with Crippen LogP contribution in [0.4, 0.5) is 5.69 Å². The molecule has 1 aliphatic heterocycles. The lowest BCUT2D eigenvalue weighted by Crippen LogP contribution is -2.40. The van der Waals surface area contributed by atoms with Gasteiger partial charge < -0.3 is 28.4 Å². The van der Waals surface area contributed by atoms with Crippen LogP contribution in [0.2, 0.25) is 0 Å². The third kappa shape index (κ3) is 9.12. The van der Waals surface area contributed by atoms with Crippen LogP contribution in [0.5, 0.6) is 23.0 Å². The lowest BCUT2D eigenvalue weighted by atomic mass is 9.95. The zero-order valence-electron chi connectivity index (χ0n) is 31.1. The van der Waals surface area contributed by atoms with E-state index >= 15 is 0 Å². The number of nitrogens with zero attached hydrogens (tertiary/aromatic N) is 3. The number of hydrogen-bond acceptors (Lipinski definition) is 13. The zero-order valence-corrected chi connectivity index (χ0v) is 31.9. The van der Waals surface area contributed by atoms with Crippen molar-refractivity contribution in [2.75, 3.05) is 33.5 Å². The molecule has 0 N–H and O–H groups in total. The van der Waals surface area contributed by atoms with Crippen molar-refractivity contribution < 1.29 is 42.9 Å². The Morgan fingerprint density at radius 3 is 2.35 bits per heavy atom. The molecule has 1 atom stereocenters. The third-order valence-electron chi connectivity index (χ3n) is 8.32. The number of carbonyl (C=O) groups is 2. The highest BCUT2D eigenvalue weighted by Crippen LogP contribution is 2.37. The Morgan fingerprint density at radius 1 is 0.964 bits per heavy atom. The lowest BCUT2D eigenvalue weighted by Gasteiger charge is -2.25. The molecule has 1 aliphatic rings. The number of nitro benzene ring substituents is 1. The van der Waals surface area contributed by atoms with E-state index < -0.39 is 28.5 Å². The van der Waals surface area contributed by atoms with Crippen LogP contribution in [-0.4, -0.2) is 55.0 Å². The number of thiazole rings is 1. The molecule has 0 amide bonds. The Balaban J connectivity index is 1.61. The second-order valence-corrected chi connectivity index (χ2v) is 13.0. The Bertz CT molecular complexity index is 2310. The van der Waals surface area contributed by atoms with Crippen molar-refractivity contribution in [3.63, 3.8) is 0 Å². The van der Waals surface area contributed by atoms with Gasteiger partial charge in [0.25, 0.3) is 11.2 Å². The number of hydrogen-bond donors (Lipinski definition) is 0. The summed E-state index contributed by atoms with van der Waals surface area (Å²) in [7, 11) is 1.26. The fourth-order valence-corrected chi connectivity index (χ4v) is 6.95. The summed E-state index contributed by atoms with van der Waals surface area (Å²) in [5, 5.41) is 11.1. The second-order valence-electron chi connectivity index (χ2n) is 12.0. The smallest absolute Gasteiger partial charge is 0.343 e. The van der Waals surface area contributed by atoms with E-state index in [1.165, 1.54) is 35.1 Å². The summed E-state index contributed by atoms with van der Waals surface area (Å²) in [5.74, 6) is 0.319. The van der Waals surface area contributed by atoms with Gasteiger partial charge in [0.05, 0.1) is 53.7 Å². The number of non-ortho nitro benzene ring substituents is 1. The molecule has 288 valence electrons. The number of methoxy groups -OCH3 is 1. The van der Waals surface area contributed by atoms with Gasteiger partial charge in [0.2, 0.25) is 0 Å². The van der Waals surface area contributed by atoms with Crippen molar-refractivity contribution in [3.8, 4) is 23.0 Å². The topological polar surface area (TPSA) is 167 Å². The van der Waals surface area contributed by atoms with Gasteiger partial charge in [0.1, 0.15) is 6.61 Å². The molecule has 0 saturated heterocycles. The van der Waals surface area contributed by atoms with Crippen molar-refractivity contribution >= 4 is 35.0 Å². The molecule has 5 rings (SSSR count). The van der Waals surface area contributed by atoms with Gasteiger partial charge in [-0.15, -0.1) is 6.58 Å². The molecule has 0 unspecified atom stereocenters. The molecule has 55 heavy (non-hydrogen) atoms. The Kier molecular flexibility index (Phi) is 13.2. The summed E-state index contributed by atoms with van der Waals surface area (Å²) < 4.78 is 35.7. The van der Waals surface area contributed by atoms with Crippen LogP contribution >= 0.6 is 11.3 Å². The molecule has 1 aromatic heterocycles. The summed E-state index contributed by atoms with van der Waals surface area (Å²) >= 11 is 1.17. The number of fused-ring (bicyclic) bond motifs is 1. The van der Waals surface area contributed by atoms with Crippen LogP contribution < -0.4 is 33.8 Å². The number of ether oxygens (including phenoxy) is 6. The van der Waals surface area contributed by atoms with Crippen LogP contribution in [-0.2, 0) is 32.1 Å². The Labute approximate surface area is 320 Å². The van der Waals surface area contributed by atoms with Crippen molar-refractivity contribution in [2.45, 2.75) is 46.8 Å². The number of esters is 2. The minimum absolute atomic E-state index is 0.0189. The van der Waals surface area contributed by atoms with E-state index in [1.807, 2.05) is 13.0 Å². The van der Waals surface area contributed by atoms with Gasteiger partial charge in [0, 0.05) is 17.7 Å². The van der Waals surface area contributed by atoms with E-state index in [0.717, 1.165) is 11.1 Å². The molecule has 4 aromatic rings. The van der Waals surface area contributed by atoms with Gasteiger partial charge >= 0.3 is 11.9 Å². The van der Waals surface area contributed by atoms with Gasteiger partial charge in [-0.2, -0.15) is 0 Å². The largest absolute Gasteiger partial charge is 0.490 e. The summed E-state index contributed by atoms with van der Waals surface area (Å²) in [6, 6.07) is 13.8. The number of allylic oxidation sites excluding steroid dienone is 2. The number of rotatable bonds is 17. The first-order valence-electron chi connectivity index (χ1n) is 17.5. The summed E-state index contributed by atoms with van der Waals surface area (Å²) in [5.41, 5.74) is 2.82. The molecule has 0 aliphatic carbocycles. The SMILES string of the molecule is C=CCc1cc(/C=c2\sc3n(c2=O)[C@@H](c2ccc(OCC(=O)OC)c(OCC)c2)C(C(=O)OCC)=C(C)N=3)cc(OCC)c1OCc1ccc([N+](=O)[O-])cc1. The average Bonchev–Trinajstić information content (AvgIpc) is 3.47. The van der Waals surface area contributed by atoms with Crippen molar-refractivity contribution in [1.29, 1.82) is 0 Å². The summed E-state index contributed by atoms with van der Waals surface area (Å²) in [6.07, 6.45) is 3.88. The summed E-state index contributed by atoms with van der Waals surface area (Å²) in [4.78, 5) is 55.4. The van der Waals surface area contributed by atoms with Crippen molar-refractivity contribution in [3.05, 3.63) is 131 Å². The van der Waals surface area contributed by atoms with E-state index in [0.29, 0.717) is 56.4 Å². The third-order valence-corrected chi connectivity index (χ3v) is 9.30. The molecule has 0 spiro atoms. The highest BCUT2D eigenvalue weighted by Gasteiger charge is 2.34. The van der Waals surface area contributed by atoms with E-state index in [1.54, 1.807) is 69.3 Å². The molecule has 14 nitrogen and oxygen atoms in total. The van der Waals surface area contributed by atoms with E-state index in [2.05, 4.69) is 11.6 Å². The number of nitro groups is 1. The van der Waals surface area contributed by atoms with E-state index in [9.17, 15) is 24.5 Å². The molecule has 0 bridgehead atoms. The molecule has 3 aromatic carbocycles. The Hall–Kier alpha value is -6.22. The molecule has 2 heterocycles. The first-order valence-corrected chi connectivity index (χ1v) is 18.3. The highest BCUT2D eigenvalue weighted by atomic mass is 32.1. The standard InChI is InChI=1S/C40H41N3O11S/c1-7-11-28-18-26(19-32(51-9-3)37(28)54-22-25-12-15-29(16-13-25)43(47)48)20-33-38(45)42-36(35(39(46)52-10-4)24(5)41-40(42)55-33)27-14-17-30(31(21-27)50-8-2)53-23-34(44)49-6/h7,12-21,36H,1,8-11,22-23H2,2-6H3/b33-20-/t36-/m0/s1. The highest BCUT2D eigenvalue weighted by molar-refractivity contribution is 7.07. The molecular formula is C40H41N3O11S. The molecule has 0 fully saturated rings. The minimum Gasteiger partial charge on any atom is -0.490 e. The van der Waals surface area contributed by atoms with E-state index in [4.69, 9.17) is 28.4 Å². The number of benzene rings is 3. The van der Waals surface area contributed by atoms with Crippen LogP contribution in [0.3, 0.4) is 0 Å². The normalized spacial score (nSPS) is 13.7. The lowest BCUT2D eigenvalue weighted by molar-refractivity contribution is -0.384.